The first kappa shape index (κ1) is 12.6. The standard InChI is InChI=1S/C14H12BrNO2/c1-18-13-7-2-4-10(14(13)17)9-16-12-6-3-5-11(15)8-12/h2-9,17H,1H3. The summed E-state index contributed by atoms with van der Waals surface area (Å²) in [7, 11) is 1.52. The summed E-state index contributed by atoms with van der Waals surface area (Å²) < 4.78 is 6.00. The monoisotopic (exact) mass is 305 g/mol. The lowest BCUT2D eigenvalue weighted by atomic mass is 10.2. The van der Waals surface area contributed by atoms with Crippen LogP contribution in [0.1, 0.15) is 5.56 Å². The Hall–Kier alpha value is -1.81. The van der Waals surface area contributed by atoms with Gasteiger partial charge in [-0.05, 0) is 30.3 Å². The van der Waals surface area contributed by atoms with Gasteiger partial charge in [-0.15, -0.1) is 0 Å². The molecule has 0 fully saturated rings. The van der Waals surface area contributed by atoms with E-state index >= 15 is 0 Å². The van der Waals surface area contributed by atoms with E-state index in [0.717, 1.165) is 10.2 Å². The van der Waals surface area contributed by atoms with Crippen LogP contribution in [0.15, 0.2) is 51.9 Å². The molecule has 4 heteroatoms. The molecule has 2 aromatic carbocycles. The smallest absolute Gasteiger partial charge is 0.166 e. The first-order valence-electron chi connectivity index (χ1n) is 5.36. The van der Waals surface area contributed by atoms with Crippen molar-refractivity contribution >= 4 is 27.8 Å². The number of methoxy groups -OCH3 is 1. The molecule has 0 saturated carbocycles. The molecule has 2 rings (SSSR count). The van der Waals surface area contributed by atoms with Gasteiger partial charge in [-0.25, -0.2) is 0 Å². The molecule has 0 spiro atoms. The van der Waals surface area contributed by atoms with Crippen molar-refractivity contribution in [1.82, 2.24) is 0 Å². The van der Waals surface area contributed by atoms with Crippen LogP contribution in [-0.2, 0) is 0 Å². The van der Waals surface area contributed by atoms with Crippen LogP contribution in [0, 0.1) is 0 Å². The number of ether oxygens (including phenoxy) is 1. The summed E-state index contributed by atoms with van der Waals surface area (Å²) in [6.45, 7) is 0. The summed E-state index contributed by atoms with van der Waals surface area (Å²) in [5, 5.41) is 9.90. The second-order valence-electron chi connectivity index (χ2n) is 3.64. The largest absolute Gasteiger partial charge is 0.504 e. The fourth-order valence-corrected chi connectivity index (χ4v) is 1.90. The highest BCUT2D eigenvalue weighted by molar-refractivity contribution is 9.10. The number of hydrogen-bond donors (Lipinski definition) is 1. The minimum Gasteiger partial charge on any atom is -0.504 e. The molecule has 3 nitrogen and oxygen atoms in total. The fraction of sp³-hybridized carbons (Fsp3) is 0.0714. The molecule has 0 aliphatic carbocycles. The lowest BCUT2D eigenvalue weighted by molar-refractivity contribution is 0.373. The van der Waals surface area contributed by atoms with Gasteiger partial charge < -0.3 is 9.84 Å². The summed E-state index contributed by atoms with van der Waals surface area (Å²) in [6.07, 6.45) is 1.61. The number of rotatable bonds is 3. The lowest BCUT2D eigenvalue weighted by Crippen LogP contribution is -1.88. The Labute approximate surface area is 114 Å². The van der Waals surface area contributed by atoms with Gasteiger partial charge in [-0.2, -0.15) is 0 Å². The molecular weight excluding hydrogens is 294 g/mol. The maximum Gasteiger partial charge on any atom is 0.166 e. The molecule has 0 aliphatic rings. The van der Waals surface area contributed by atoms with Gasteiger partial charge in [0, 0.05) is 16.3 Å². The van der Waals surface area contributed by atoms with Crippen molar-refractivity contribution in [2.24, 2.45) is 4.99 Å². The molecule has 1 N–H and O–H groups in total. The van der Waals surface area contributed by atoms with Crippen molar-refractivity contribution < 1.29 is 9.84 Å². The van der Waals surface area contributed by atoms with E-state index in [1.165, 1.54) is 7.11 Å². The van der Waals surface area contributed by atoms with Gasteiger partial charge in [0.25, 0.3) is 0 Å². The first-order chi connectivity index (χ1) is 8.70. The average molecular weight is 306 g/mol. The zero-order valence-corrected chi connectivity index (χ0v) is 11.4. The van der Waals surface area contributed by atoms with Crippen molar-refractivity contribution in [3.05, 3.63) is 52.5 Å². The van der Waals surface area contributed by atoms with Crippen LogP contribution < -0.4 is 4.74 Å². The molecule has 0 aliphatic heterocycles. The molecule has 2 aromatic rings. The number of phenols is 1. The summed E-state index contributed by atoms with van der Waals surface area (Å²) in [6, 6.07) is 12.9. The average Bonchev–Trinajstić information content (AvgIpc) is 2.38. The Balaban J connectivity index is 2.29. The van der Waals surface area contributed by atoms with E-state index in [1.54, 1.807) is 24.4 Å². The third-order valence-corrected chi connectivity index (χ3v) is 2.90. The van der Waals surface area contributed by atoms with Crippen LogP contribution >= 0.6 is 15.9 Å². The molecule has 0 radical (unpaired) electrons. The number of hydrogen-bond acceptors (Lipinski definition) is 3. The molecule has 0 heterocycles. The Morgan fingerprint density at radius 2 is 2.00 bits per heavy atom. The lowest BCUT2D eigenvalue weighted by Gasteiger charge is -2.04. The SMILES string of the molecule is COc1cccc(C=Nc2cccc(Br)c2)c1O. The number of aromatic hydroxyl groups is 1. The van der Waals surface area contributed by atoms with Crippen LogP contribution in [0.25, 0.3) is 0 Å². The van der Waals surface area contributed by atoms with Crippen molar-refractivity contribution in [3.8, 4) is 11.5 Å². The molecule has 92 valence electrons. The number of aliphatic imine (C=N–C) groups is 1. The van der Waals surface area contributed by atoms with Gasteiger partial charge in [0.15, 0.2) is 11.5 Å². The zero-order valence-electron chi connectivity index (χ0n) is 9.80. The van der Waals surface area contributed by atoms with Crippen molar-refractivity contribution in [1.29, 1.82) is 0 Å². The highest BCUT2D eigenvalue weighted by Crippen LogP contribution is 2.28. The topological polar surface area (TPSA) is 41.8 Å². The summed E-state index contributed by atoms with van der Waals surface area (Å²) in [4.78, 5) is 4.30. The number of nitrogens with zero attached hydrogens (tertiary/aromatic N) is 1. The summed E-state index contributed by atoms with van der Waals surface area (Å²) >= 11 is 3.38. The quantitative estimate of drug-likeness (QED) is 0.873. The second-order valence-corrected chi connectivity index (χ2v) is 4.55. The van der Waals surface area contributed by atoms with Crippen LogP contribution in [0.2, 0.25) is 0 Å². The predicted octanol–water partition coefficient (Wildman–Crippen LogP) is 3.91. The number of para-hydroxylation sites is 1. The minimum atomic E-state index is 0.0961. The van der Waals surface area contributed by atoms with E-state index < -0.39 is 0 Å². The Morgan fingerprint density at radius 3 is 2.72 bits per heavy atom. The maximum absolute atomic E-state index is 9.90. The Morgan fingerprint density at radius 1 is 1.22 bits per heavy atom. The van der Waals surface area contributed by atoms with E-state index in [-0.39, 0.29) is 5.75 Å². The van der Waals surface area contributed by atoms with Gasteiger partial charge in [-0.1, -0.05) is 28.1 Å². The minimum absolute atomic E-state index is 0.0961. The molecule has 18 heavy (non-hydrogen) atoms. The van der Waals surface area contributed by atoms with Gasteiger partial charge in [0.2, 0.25) is 0 Å². The number of benzene rings is 2. The fourth-order valence-electron chi connectivity index (χ4n) is 1.51. The molecule has 0 atom stereocenters. The maximum atomic E-state index is 9.90. The van der Waals surface area contributed by atoms with Crippen LogP contribution in [0.3, 0.4) is 0 Å². The van der Waals surface area contributed by atoms with Gasteiger partial charge in [0.05, 0.1) is 12.8 Å². The second kappa shape index (κ2) is 5.69. The summed E-state index contributed by atoms with van der Waals surface area (Å²) in [5.74, 6) is 0.534. The summed E-state index contributed by atoms with van der Waals surface area (Å²) in [5.41, 5.74) is 1.43. The van der Waals surface area contributed by atoms with E-state index in [0.29, 0.717) is 11.3 Å². The van der Waals surface area contributed by atoms with Gasteiger partial charge in [0.1, 0.15) is 0 Å². The first-order valence-corrected chi connectivity index (χ1v) is 6.15. The Bertz CT molecular complexity index is 582. The van der Waals surface area contributed by atoms with Crippen molar-refractivity contribution in [2.45, 2.75) is 0 Å². The number of phenolic OH excluding ortho intramolecular Hbond substituents is 1. The molecule has 0 bridgehead atoms. The van der Waals surface area contributed by atoms with Crippen LogP contribution in [-0.4, -0.2) is 18.4 Å². The van der Waals surface area contributed by atoms with Gasteiger partial charge >= 0.3 is 0 Å². The van der Waals surface area contributed by atoms with Crippen LogP contribution in [0.4, 0.5) is 5.69 Å². The number of halogens is 1. The van der Waals surface area contributed by atoms with E-state index in [2.05, 4.69) is 20.9 Å². The normalized spacial score (nSPS) is 10.8. The predicted molar refractivity (Wildman–Crippen MR) is 76.1 cm³/mol. The highest BCUT2D eigenvalue weighted by Gasteiger charge is 2.04. The molecule has 0 aromatic heterocycles. The Kier molecular flexibility index (Phi) is 3.99. The molecule has 0 amide bonds. The zero-order chi connectivity index (χ0) is 13.0. The van der Waals surface area contributed by atoms with Crippen molar-refractivity contribution in [3.63, 3.8) is 0 Å². The third kappa shape index (κ3) is 2.90. The molecule has 0 saturated heterocycles. The van der Waals surface area contributed by atoms with Gasteiger partial charge in [-0.3, -0.25) is 4.99 Å². The van der Waals surface area contributed by atoms with E-state index in [4.69, 9.17) is 4.74 Å². The molecule has 0 unspecified atom stereocenters. The third-order valence-electron chi connectivity index (χ3n) is 2.41. The van der Waals surface area contributed by atoms with E-state index in [1.807, 2.05) is 24.3 Å². The van der Waals surface area contributed by atoms with Crippen molar-refractivity contribution in [2.75, 3.05) is 7.11 Å². The van der Waals surface area contributed by atoms with Crippen LogP contribution in [0.5, 0.6) is 11.5 Å². The highest BCUT2D eigenvalue weighted by atomic mass is 79.9. The van der Waals surface area contributed by atoms with E-state index in [9.17, 15) is 5.11 Å². The molecular formula is C14H12BrNO2.